The van der Waals surface area contributed by atoms with E-state index in [4.69, 9.17) is 4.42 Å². The number of halogens is 1. The summed E-state index contributed by atoms with van der Waals surface area (Å²) >= 11 is 3.28. The van der Waals surface area contributed by atoms with Gasteiger partial charge in [-0.3, -0.25) is 19.2 Å². The molecule has 0 atom stereocenters. The smallest absolute Gasteiger partial charge is 0.269 e. The summed E-state index contributed by atoms with van der Waals surface area (Å²) in [5.74, 6) is 0.138. The first-order chi connectivity index (χ1) is 15.1. The van der Waals surface area contributed by atoms with Crippen LogP contribution < -0.4 is 9.73 Å². The third-order valence-corrected chi connectivity index (χ3v) is 5.98. The SMILES string of the molecule is CS(=O)(=O)N(CC(=O)NN=Cc1ccc(-c2ccc([N+](=O)[O-])cc2)o1)c1ccccc1Br. The number of anilines is 1. The largest absolute Gasteiger partial charge is 0.455 e. The van der Waals surface area contributed by atoms with Crippen LogP contribution in [0.1, 0.15) is 5.76 Å². The first kappa shape index (κ1) is 23.2. The van der Waals surface area contributed by atoms with Gasteiger partial charge in [-0.1, -0.05) is 12.1 Å². The predicted molar refractivity (Wildman–Crippen MR) is 123 cm³/mol. The predicted octanol–water partition coefficient (Wildman–Crippen LogP) is 3.53. The molecule has 1 N–H and O–H groups in total. The van der Waals surface area contributed by atoms with Gasteiger partial charge in [0.25, 0.3) is 11.6 Å². The molecule has 10 nitrogen and oxygen atoms in total. The number of benzene rings is 2. The summed E-state index contributed by atoms with van der Waals surface area (Å²) in [6.07, 6.45) is 2.27. The molecular formula is C20H17BrN4O6S. The number of rotatable bonds is 8. The summed E-state index contributed by atoms with van der Waals surface area (Å²) in [7, 11) is -3.72. The van der Waals surface area contributed by atoms with Gasteiger partial charge in [-0.15, -0.1) is 0 Å². The molecule has 0 fully saturated rings. The van der Waals surface area contributed by atoms with Gasteiger partial charge in [0.1, 0.15) is 18.1 Å². The Morgan fingerprint density at radius 2 is 1.88 bits per heavy atom. The van der Waals surface area contributed by atoms with Crippen LogP contribution in [0.15, 0.2) is 74.7 Å². The van der Waals surface area contributed by atoms with E-state index in [9.17, 15) is 23.3 Å². The molecule has 0 bridgehead atoms. The summed E-state index contributed by atoms with van der Waals surface area (Å²) < 4.78 is 31.4. The van der Waals surface area contributed by atoms with Crippen molar-refractivity contribution in [3.05, 3.63) is 81.0 Å². The summed E-state index contributed by atoms with van der Waals surface area (Å²) in [6, 6.07) is 15.7. The lowest BCUT2D eigenvalue weighted by atomic mass is 10.1. The van der Waals surface area contributed by atoms with Crippen LogP contribution in [0.4, 0.5) is 11.4 Å². The summed E-state index contributed by atoms with van der Waals surface area (Å²) in [4.78, 5) is 22.5. The molecule has 0 aliphatic rings. The van der Waals surface area contributed by atoms with Crippen LogP contribution in [0.5, 0.6) is 0 Å². The van der Waals surface area contributed by atoms with Crippen molar-refractivity contribution in [2.75, 3.05) is 17.1 Å². The van der Waals surface area contributed by atoms with Crippen LogP contribution in [-0.2, 0) is 14.8 Å². The number of sulfonamides is 1. The Balaban J connectivity index is 1.65. The summed E-state index contributed by atoms with van der Waals surface area (Å²) in [5.41, 5.74) is 3.20. The van der Waals surface area contributed by atoms with Crippen molar-refractivity contribution in [1.29, 1.82) is 0 Å². The van der Waals surface area contributed by atoms with Crippen molar-refractivity contribution in [1.82, 2.24) is 5.43 Å². The molecule has 0 aliphatic heterocycles. The molecule has 2 aromatic carbocycles. The van der Waals surface area contributed by atoms with Crippen molar-refractivity contribution in [3.63, 3.8) is 0 Å². The number of nitro benzene ring substituents is 1. The number of hydrazone groups is 1. The maximum absolute atomic E-state index is 12.3. The number of non-ortho nitro benzene ring substituents is 1. The van der Waals surface area contributed by atoms with Crippen LogP contribution in [0.25, 0.3) is 11.3 Å². The van der Waals surface area contributed by atoms with Gasteiger partial charge in [-0.25, -0.2) is 13.8 Å². The highest BCUT2D eigenvalue weighted by Gasteiger charge is 2.22. The number of nitro groups is 1. The van der Waals surface area contributed by atoms with Gasteiger partial charge in [0.05, 0.1) is 23.1 Å². The lowest BCUT2D eigenvalue weighted by molar-refractivity contribution is -0.384. The fourth-order valence-electron chi connectivity index (χ4n) is 2.69. The number of furan rings is 1. The second kappa shape index (κ2) is 9.75. The molecule has 32 heavy (non-hydrogen) atoms. The van der Waals surface area contributed by atoms with E-state index in [1.807, 2.05) is 0 Å². The van der Waals surface area contributed by atoms with Gasteiger partial charge in [-0.05, 0) is 52.3 Å². The Morgan fingerprint density at radius 1 is 1.19 bits per heavy atom. The van der Waals surface area contributed by atoms with E-state index in [2.05, 4.69) is 26.5 Å². The number of hydrogen-bond acceptors (Lipinski definition) is 7. The minimum Gasteiger partial charge on any atom is -0.455 e. The molecule has 166 valence electrons. The highest BCUT2D eigenvalue weighted by atomic mass is 79.9. The van der Waals surface area contributed by atoms with Gasteiger partial charge in [-0.2, -0.15) is 5.10 Å². The second-order valence-electron chi connectivity index (χ2n) is 6.52. The van der Waals surface area contributed by atoms with E-state index in [0.717, 1.165) is 10.6 Å². The van der Waals surface area contributed by atoms with Crippen molar-refractivity contribution >= 4 is 49.4 Å². The van der Waals surface area contributed by atoms with Crippen LogP contribution in [0.2, 0.25) is 0 Å². The van der Waals surface area contributed by atoms with Crippen molar-refractivity contribution in [2.45, 2.75) is 0 Å². The Bertz CT molecular complexity index is 1270. The lowest BCUT2D eigenvalue weighted by Crippen LogP contribution is -2.39. The number of nitrogens with zero attached hydrogens (tertiary/aromatic N) is 3. The van der Waals surface area contributed by atoms with Gasteiger partial charge >= 0.3 is 0 Å². The monoisotopic (exact) mass is 520 g/mol. The van der Waals surface area contributed by atoms with E-state index < -0.39 is 27.4 Å². The average molecular weight is 521 g/mol. The third-order valence-electron chi connectivity index (χ3n) is 4.18. The Morgan fingerprint density at radius 3 is 2.50 bits per heavy atom. The average Bonchev–Trinajstić information content (AvgIpc) is 3.21. The molecule has 0 aliphatic carbocycles. The lowest BCUT2D eigenvalue weighted by Gasteiger charge is -2.22. The first-order valence-electron chi connectivity index (χ1n) is 9.04. The molecule has 3 aromatic rings. The number of amides is 1. The molecule has 0 saturated heterocycles. The van der Waals surface area contributed by atoms with Gasteiger partial charge in [0.2, 0.25) is 10.0 Å². The number of carbonyl (C=O) groups is 1. The number of nitrogens with one attached hydrogen (secondary N) is 1. The highest BCUT2D eigenvalue weighted by Crippen LogP contribution is 2.27. The van der Waals surface area contributed by atoms with Crippen molar-refractivity contribution in [3.8, 4) is 11.3 Å². The zero-order valence-corrected chi connectivity index (χ0v) is 19.0. The fourth-order valence-corrected chi connectivity index (χ4v) is 4.18. The molecule has 0 saturated carbocycles. The molecule has 1 amide bonds. The van der Waals surface area contributed by atoms with E-state index in [1.165, 1.54) is 18.3 Å². The maximum atomic E-state index is 12.3. The number of carbonyl (C=O) groups excluding carboxylic acids is 1. The topological polar surface area (TPSA) is 135 Å². The van der Waals surface area contributed by atoms with Crippen LogP contribution in [0, 0.1) is 10.1 Å². The van der Waals surface area contributed by atoms with E-state index in [1.54, 1.807) is 48.5 Å². The molecule has 1 heterocycles. The van der Waals surface area contributed by atoms with Gasteiger partial charge < -0.3 is 4.42 Å². The number of para-hydroxylation sites is 1. The summed E-state index contributed by atoms with van der Waals surface area (Å²) in [6.45, 7) is -0.467. The zero-order chi connectivity index (χ0) is 23.3. The Labute approximate surface area is 191 Å². The molecule has 1 aromatic heterocycles. The zero-order valence-electron chi connectivity index (χ0n) is 16.6. The minimum absolute atomic E-state index is 0.0320. The maximum Gasteiger partial charge on any atom is 0.269 e. The normalized spacial score (nSPS) is 11.4. The second-order valence-corrected chi connectivity index (χ2v) is 9.28. The standard InChI is InChI=1S/C20H17BrN4O6S/c1-32(29,30)24(18-5-3-2-4-17(18)21)13-20(26)23-22-12-16-10-11-19(31-16)14-6-8-15(9-7-14)25(27)28/h2-12H,13H2,1H3,(H,23,26). The van der Waals surface area contributed by atoms with Crippen LogP contribution >= 0.6 is 15.9 Å². The van der Waals surface area contributed by atoms with Crippen molar-refractivity contribution in [2.24, 2.45) is 5.10 Å². The third kappa shape index (κ3) is 5.80. The van der Waals surface area contributed by atoms with Gasteiger partial charge in [0.15, 0.2) is 0 Å². The fraction of sp³-hybridized carbons (Fsp3) is 0.100. The molecular weight excluding hydrogens is 504 g/mol. The molecule has 12 heteroatoms. The molecule has 0 unspecified atom stereocenters. The first-order valence-corrected chi connectivity index (χ1v) is 11.7. The Hall–Kier alpha value is -3.51. The Kier molecular flexibility index (Phi) is 7.05. The molecule has 3 rings (SSSR count). The number of hydrogen-bond donors (Lipinski definition) is 1. The van der Waals surface area contributed by atoms with Crippen LogP contribution in [0.3, 0.4) is 0 Å². The molecule has 0 spiro atoms. The van der Waals surface area contributed by atoms with Crippen LogP contribution in [-0.4, -0.2) is 38.3 Å². The van der Waals surface area contributed by atoms with E-state index >= 15 is 0 Å². The van der Waals surface area contributed by atoms with Crippen molar-refractivity contribution < 1.29 is 22.6 Å². The van der Waals surface area contributed by atoms with E-state index in [-0.39, 0.29) is 5.69 Å². The quantitative estimate of drug-likeness (QED) is 0.274. The minimum atomic E-state index is -3.72. The summed E-state index contributed by atoms with van der Waals surface area (Å²) in [5, 5.41) is 14.5. The highest BCUT2D eigenvalue weighted by molar-refractivity contribution is 9.10. The molecule has 0 radical (unpaired) electrons. The van der Waals surface area contributed by atoms with Gasteiger partial charge in [0, 0.05) is 22.2 Å². The van der Waals surface area contributed by atoms with E-state index in [0.29, 0.717) is 27.2 Å².